The summed E-state index contributed by atoms with van der Waals surface area (Å²) in [6.45, 7) is 10.6. The lowest BCUT2D eigenvalue weighted by molar-refractivity contribution is 0.674. The van der Waals surface area contributed by atoms with E-state index in [1.165, 1.54) is 16.7 Å². The monoisotopic (exact) mass is 174 g/mol. The normalized spacial score (nSPS) is 10.5. The topological polar surface area (TPSA) is 0 Å². The van der Waals surface area contributed by atoms with Gasteiger partial charge in [-0.05, 0) is 30.4 Å². The third-order valence-electron chi connectivity index (χ3n) is 2.11. The summed E-state index contributed by atoms with van der Waals surface area (Å²) < 4.78 is 0. The van der Waals surface area contributed by atoms with Crippen molar-refractivity contribution in [3.8, 4) is 0 Å². The SMILES string of the molecule is C=C(CC(C)C)c1ccc(C)cc1. The second-order valence-electron chi connectivity index (χ2n) is 4.07. The van der Waals surface area contributed by atoms with Gasteiger partial charge in [-0.3, -0.25) is 0 Å². The Kier molecular flexibility index (Phi) is 3.30. The first-order valence-electron chi connectivity index (χ1n) is 4.84. The van der Waals surface area contributed by atoms with Gasteiger partial charge in [0.25, 0.3) is 0 Å². The van der Waals surface area contributed by atoms with E-state index in [1.54, 1.807) is 0 Å². The summed E-state index contributed by atoms with van der Waals surface area (Å²) in [4.78, 5) is 0. The van der Waals surface area contributed by atoms with Crippen molar-refractivity contribution in [2.75, 3.05) is 0 Å². The molecule has 0 aliphatic carbocycles. The van der Waals surface area contributed by atoms with Crippen LogP contribution in [-0.4, -0.2) is 0 Å². The summed E-state index contributed by atoms with van der Waals surface area (Å²) in [5.41, 5.74) is 3.83. The molecule has 0 aliphatic rings. The Morgan fingerprint density at radius 3 is 2.23 bits per heavy atom. The van der Waals surface area contributed by atoms with Crippen LogP contribution in [0.1, 0.15) is 31.4 Å². The van der Waals surface area contributed by atoms with E-state index in [1.807, 2.05) is 0 Å². The second kappa shape index (κ2) is 4.27. The van der Waals surface area contributed by atoms with Crippen LogP contribution in [0.2, 0.25) is 0 Å². The van der Waals surface area contributed by atoms with E-state index in [-0.39, 0.29) is 0 Å². The summed E-state index contributed by atoms with van der Waals surface area (Å²) in [6.07, 6.45) is 1.09. The molecule has 13 heavy (non-hydrogen) atoms. The molecular formula is C13H18. The third-order valence-corrected chi connectivity index (χ3v) is 2.11. The van der Waals surface area contributed by atoms with Gasteiger partial charge in [-0.2, -0.15) is 0 Å². The van der Waals surface area contributed by atoms with Crippen molar-refractivity contribution >= 4 is 5.57 Å². The average molecular weight is 174 g/mol. The predicted molar refractivity (Wildman–Crippen MR) is 59.7 cm³/mol. The molecule has 0 saturated carbocycles. The molecule has 0 atom stereocenters. The summed E-state index contributed by atoms with van der Waals surface area (Å²) in [5, 5.41) is 0. The molecule has 0 unspecified atom stereocenters. The summed E-state index contributed by atoms with van der Waals surface area (Å²) in [7, 11) is 0. The molecule has 1 aromatic carbocycles. The lowest BCUT2D eigenvalue weighted by Crippen LogP contribution is -1.90. The summed E-state index contributed by atoms with van der Waals surface area (Å²) in [5.74, 6) is 0.689. The molecule has 0 fully saturated rings. The van der Waals surface area contributed by atoms with Crippen molar-refractivity contribution in [2.24, 2.45) is 5.92 Å². The Bertz CT molecular complexity index is 277. The maximum absolute atomic E-state index is 4.09. The van der Waals surface area contributed by atoms with Crippen LogP contribution in [0.4, 0.5) is 0 Å². The molecular weight excluding hydrogens is 156 g/mol. The highest BCUT2D eigenvalue weighted by molar-refractivity contribution is 5.63. The van der Waals surface area contributed by atoms with E-state index < -0.39 is 0 Å². The quantitative estimate of drug-likeness (QED) is 0.648. The highest BCUT2D eigenvalue weighted by Gasteiger charge is 2.00. The van der Waals surface area contributed by atoms with E-state index in [9.17, 15) is 0 Å². The average Bonchev–Trinajstić information content (AvgIpc) is 2.04. The molecule has 0 heteroatoms. The minimum atomic E-state index is 0.689. The van der Waals surface area contributed by atoms with Gasteiger partial charge >= 0.3 is 0 Å². The van der Waals surface area contributed by atoms with Crippen LogP contribution < -0.4 is 0 Å². The fourth-order valence-electron chi connectivity index (χ4n) is 1.40. The van der Waals surface area contributed by atoms with Crippen LogP contribution in [0.5, 0.6) is 0 Å². The zero-order valence-electron chi connectivity index (χ0n) is 8.80. The van der Waals surface area contributed by atoms with Crippen molar-refractivity contribution in [1.29, 1.82) is 0 Å². The Hall–Kier alpha value is -1.04. The summed E-state index contributed by atoms with van der Waals surface area (Å²) >= 11 is 0. The van der Waals surface area contributed by atoms with E-state index in [4.69, 9.17) is 0 Å². The predicted octanol–water partition coefficient (Wildman–Crippen LogP) is 4.05. The van der Waals surface area contributed by atoms with Crippen molar-refractivity contribution in [3.05, 3.63) is 42.0 Å². The van der Waals surface area contributed by atoms with Crippen LogP contribution in [0.15, 0.2) is 30.8 Å². The van der Waals surface area contributed by atoms with Crippen LogP contribution in [0.25, 0.3) is 5.57 Å². The second-order valence-corrected chi connectivity index (χ2v) is 4.07. The van der Waals surface area contributed by atoms with Crippen LogP contribution in [0.3, 0.4) is 0 Å². The maximum atomic E-state index is 4.09. The number of allylic oxidation sites excluding steroid dienone is 1. The molecule has 0 saturated heterocycles. The third kappa shape index (κ3) is 3.06. The van der Waals surface area contributed by atoms with Gasteiger partial charge in [0.2, 0.25) is 0 Å². The van der Waals surface area contributed by atoms with Crippen molar-refractivity contribution in [1.82, 2.24) is 0 Å². The first-order chi connectivity index (χ1) is 6.09. The molecule has 0 N–H and O–H groups in total. The standard InChI is InChI=1S/C13H18/c1-10(2)9-12(4)13-7-5-11(3)6-8-13/h5-8,10H,4,9H2,1-3H3. The number of benzene rings is 1. The first kappa shape index (κ1) is 10.0. The highest BCUT2D eigenvalue weighted by atomic mass is 14.1. The highest BCUT2D eigenvalue weighted by Crippen LogP contribution is 2.20. The van der Waals surface area contributed by atoms with Crippen molar-refractivity contribution in [2.45, 2.75) is 27.2 Å². The minimum Gasteiger partial charge on any atom is -0.0952 e. The Morgan fingerprint density at radius 2 is 1.77 bits per heavy atom. The van der Waals surface area contributed by atoms with Crippen LogP contribution in [-0.2, 0) is 0 Å². The van der Waals surface area contributed by atoms with E-state index in [0.717, 1.165) is 6.42 Å². The number of rotatable bonds is 3. The molecule has 0 aromatic heterocycles. The molecule has 1 aromatic rings. The molecule has 0 nitrogen and oxygen atoms in total. The lowest BCUT2D eigenvalue weighted by atomic mass is 9.97. The van der Waals surface area contributed by atoms with Gasteiger partial charge in [0.05, 0.1) is 0 Å². The fraction of sp³-hybridized carbons (Fsp3) is 0.385. The Labute approximate surface area is 81.3 Å². The molecule has 70 valence electrons. The molecule has 0 aliphatic heterocycles. The molecule has 0 spiro atoms. The zero-order valence-corrected chi connectivity index (χ0v) is 8.80. The van der Waals surface area contributed by atoms with E-state index >= 15 is 0 Å². The van der Waals surface area contributed by atoms with Gasteiger partial charge in [-0.1, -0.05) is 50.3 Å². The van der Waals surface area contributed by atoms with Gasteiger partial charge in [-0.25, -0.2) is 0 Å². The Morgan fingerprint density at radius 1 is 1.23 bits per heavy atom. The van der Waals surface area contributed by atoms with Crippen LogP contribution >= 0.6 is 0 Å². The molecule has 0 radical (unpaired) electrons. The fourth-order valence-corrected chi connectivity index (χ4v) is 1.40. The van der Waals surface area contributed by atoms with Gasteiger partial charge < -0.3 is 0 Å². The molecule has 0 amide bonds. The summed E-state index contributed by atoms with van der Waals surface area (Å²) in [6, 6.07) is 8.59. The van der Waals surface area contributed by atoms with Crippen LogP contribution in [0, 0.1) is 12.8 Å². The first-order valence-corrected chi connectivity index (χ1v) is 4.84. The minimum absolute atomic E-state index is 0.689. The van der Waals surface area contributed by atoms with E-state index in [2.05, 4.69) is 51.6 Å². The molecule has 0 heterocycles. The van der Waals surface area contributed by atoms with Gasteiger partial charge in [-0.15, -0.1) is 0 Å². The maximum Gasteiger partial charge on any atom is -0.0230 e. The van der Waals surface area contributed by atoms with Gasteiger partial charge in [0, 0.05) is 0 Å². The number of aryl methyl sites for hydroxylation is 1. The smallest absolute Gasteiger partial charge is 0.0230 e. The number of hydrogen-bond donors (Lipinski definition) is 0. The van der Waals surface area contributed by atoms with Gasteiger partial charge in [0.1, 0.15) is 0 Å². The number of hydrogen-bond acceptors (Lipinski definition) is 0. The van der Waals surface area contributed by atoms with Crippen molar-refractivity contribution in [3.63, 3.8) is 0 Å². The zero-order chi connectivity index (χ0) is 9.84. The largest absolute Gasteiger partial charge is 0.0952 e. The van der Waals surface area contributed by atoms with E-state index in [0.29, 0.717) is 5.92 Å². The van der Waals surface area contributed by atoms with Crippen molar-refractivity contribution < 1.29 is 0 Å². The lowest BCUT2D eigenvalue weighted by Gasteiger charge is -2.08. The van der Waals surface area contributed by atoms with Gasteiger partial charge in [0.15, 0.2) is 0 Å². The Balaban J connectivity index is 2.72. The molecule has 0 bridgehead atoms. The molecule has 1 rings (SSSR count).